The van der Waals surface area contributed by atoms with Gasteiger partial charge in [-0.25, -0.2) is 4.79 Å². The van der Waals surface area contributed by atoms with Crippen LogP contribution >= 0.6 is 0 Å². The van der Waals surface area contributed by atoms with E-state index in [1.165, 1.54) is 24.3 Å². The highest BCUT2D eigenvalue weighted by Crippen LogP contribution is 2.10. The highest BCUT2D eigenvalue weighted by Gasteiger charge is 2.25. The SMILES string of the molecule is CC[C@@H](C)[C@@H](NC(=O)c1ccc(C#N)cc1)C(=O)O. The zero-order valence-corrected chi connectivity index (χ0v) is 10.9. The summed E-state index contributed by atoms with van der Waals surface area (Å²) in [6, 6.07) is 7.09. The predicted octanol–water partition coefficient (Wildman–Crippen LogP) is 1.79. The second-order valence-corrected chi connectivity index (χ2v) is 4.36. The summed E-state index contributed by atoms with van der Waals surface area (Å²) in [5.41, 5.74) is 0.793. The zero-order chi connectivity index (χ0) is 14.4. The van der Waals surface area contributed by atoms with Crippen LogP contribution in [0.2, 0.25) is 0 Å². The lowest BCUT2D eigenvalue weighted by Gasteiger charge is -2.20. The van der Waals surface area contributed by atoms with Gasteiger partial charge in [-0.2, -0.15) is 5.26 Å². The molecule has 0 unspecified atom stereocenters. The summed E-state index contributed by atoms with van der Waals surface area (Å²) in [6.45, 7) is 3.65. The average Bonchev–Trinajstić information content (AvgIpc) is 2.43. The molecule has 0 aromatic heterocycles. The number of carbonyl (C=O) groups excluding carboxylic acids is 1. The van der Waals surface area contributed by atoms with Gasteiger partial charge in [-0.3, -0.25) is 4.79 Å². The number of aliphatic carboxylic acids is 1. The Kier molecular flexibility index (Phi) is 5.07. The maximum Gasteiger partial charge on any atom is 0.326 e. The van der Waals surface area contributed by atoms with Gasteiger partial charge < -0.3 is 10.4 Å². The van der Waals surface area contributed by atoms with Gasteiger partial charge in [0.1, 0.15) is 6.04 Å². The fraction of sp³-hybridized carbons (Fsp3) is 0.357. The van der Waals surface area contributed by atoms with Crippen molar-refractivity contribution in [3.63, 3.8) is 0 Å². The van der Waals surface area contributed by atoms with Crippen molar-refractivity contribution in [3.8, 4) is 6.07 Å². The van der Waals surface area contributed by atoms with E-state index in [1.807, 2.05) is 13.0 Å². The number of nitriles is 1. The Hall–Kier alpha value is -2.35. The molecule has 1 rings (SSSR count). The molecule has 2 atom stereocenters. The predicted molar refractivity (Wildman–Crippen MR) is 69.5 cm³/mol. The molecular weight excluding hydrogens is 244 g/mol. The molecule has 1 aromatic rings. The summed E-state index contributed by atoms with van der Waals surface area (Å²) in [6.07, 6.45) is 0.657. The number of nitrogens with one attached hydrogen (secondary N) is 1. The van der Waals surface area contributed by atoms with Gasteiger partial charge in [0.2, 0.25) is 0 Å². The Morgan fingerprint density at radius 3 is 2.37 bits per heavy atom. The van der Waals surface area contributed by atoms with Crippen LogP contribution in [0.3, 0.4) is 0 Å². The Bertz CT molecular complexity index is 502. The molecule has 5 nitrogen and oxygen atoms in total. The molecule has 5 heteroatoms. The van der Waals surface area contributed by atoms with Crippen LogP contribution in [0.15, 0.2) is 24.3 Å². The first-order valence-electron chi connectivity index (χ1n) is 6.03. The van der Waals surface area contributed by atoms with Crippen molar-refractivity contribution < 1.29 is 14.7 Å². The van der Waals surface area contributed by atoms with E-state index in [0.29, 0.717) is 17.5 Å². The Morgan fingerprint density at radius 2 is 1.95 bits per heavy atom. The van der Waals surface area contributed by atoms with Gasteiger partial charge >= 0.3 is 5.97 Å². The number of hydrogen-bond acceptors (Lipinski definition) is 3. The number of nitrogens with zero attached hydrogens (tertiary/aromatic N) is 1. The van der Waals surface area contributed by atoms with Gasteiger partial charge in [0.15, 0.2) is 0 Å². The second-order valence-electron chi connectivity index (χ2n) is 4.36. The molecule has 1 aromatic carbocycles. The quantitative estimate of drug-likeness (QED) is 0.844. The number of carboxylic acids is 1. The van der Waals surface area contributed by atoms with Crippen LogP contribution in [0.4, 0.5) is 0 Å². The Balaban J connectivity index is 2.82. The van der Waals surface area contributed by atoms with E-state index in [9.17, 15) is 9.59 Å². The molecule has 0 fully saturated rings. The summed E-state index contributed by atoms with van der Waals surface area (Å²) in [4.78, 5) is 23.0. The van der Waals surface area contributed by atoms with E-state index in [4.69, 9.17) is 10.4 Å². The number of hydrogen-bond donors (Lipinski definition) is 2. The zero-order valence-electron chi connectivity index (χ0n) is 10.9. The summed E-state index contributed by atoms with van der Waals surface area (Å²) in [5, 5.41) is 20.3. The molecule has 2 N–H and O–H groups in total. The molecule has 19 heavy (non-hydrogen) atoms. The summed E-state index contributed by atoms with van der Waals surface area (Å²) in [7, 11) is 0. The molecule has 0 radical (unpaired) electrons. The molecule has 0 aliphatic carbocycles. The minimum atomic E-state index is -1.05. The topological polar surface area (TPSA) is 90.2 Å². The summed E-state index contributed by atoms with van der Waals surface area (Å²) < 4.78 is 0. The highest BCUT2D eigenvalue weighted by atomic mass is 16.4. The third-order valence-corrected chi connectivity index (χ3v) is 3.04. The lowest BCUT2D eigenvalue weighted by Crippen LogP contribution is -2.45. The first kappa shape index (κ1) is 14.7. The molecule has 100 valence electrons. The third kappa shape index (κ3) is 3.81. The van der Waals surface area contributed by atoms with Gasteiger partial charge in [0.25, 0.3) is 5.91 Å². The van der Waals surface area contributed by atoms with Gasteiger partial charge in [0.05, 0.1) is 11.6 Å². The highest BCUT2D eigenvalue weighted by molar-refractivity contribution is 5.96. The van der Waals surface area contributed by atoms with E-state index >= 15 is 0 Å². The number of benzene rings is 1. The van der Waals surface area contributed by atoms with Gasteiger partial charge in [-0.15, -0.1) is 0 Å². The third-order valence-electron chi connectivity index (χ3n) is 3.04. The number of carboxylic acid groups (broad SMARTS) is 1. The van der Waals surface area contributed by atoms with Crippen LogP contribution in [0.1, 0.15) is 36.2 Å². The molecule has 0 heterocycles. The first-order chi connectivity index (χ1) is 8.99. The molecule has 1 amide bonds. The van der Waals surface area contributed by atoms with Crippen molar-refractivity contribution in [2.24, 2.45) is 5.92 Å². The van der Waals surface area contributed by atoms with Crippen LogP contribution in [-0.2, 0) is 4.79 Å². The van der Waals surface area contributed by atoms with E-state index in [0.717, 1.165) is 0 Å². The minimum absolute atomic E-state index is 0.153. The number of amides is 1. The van der Waals surface area contributed by atoms with Crippen LogP contribution in [0.5, 0.6) is 0 Å². The largest absolute Gasteiger partial charge is 0.480 e. The van der Waals surface area contributed by atoms with Crippen LogP contribution in [0, 0.1) is 17.2 Å². The number of carbonyl (C=O) groups is 2. The van der Waals surface area contributed by atoms with E-state index < -0.39 is 17.9 Å². The monoisotopic (exact) mass is 260 g/mol. The first-order valence-corrected chi connectivity index (χ1v) is 6.03. The maximum absolute atomic E-state index is 11.9. The van der Waals surface area contributed by atoms with Crippen LogP contribution < -0.4 is 5.32 Å². The average molecular weight is 260 g/mol. The molecule has 0 bridgehead atoms. The van der Waals surface area contributed by atoms with Gasteiger partial charge in [0, 0.05) is 5.56 Å². The fourth-order valence-corrected chi connectivity index (χ4v) is 1.60. The molecule has 0 spiro atoms. The van der Waals surface area contributed by atoms with Gasteiger partial charge in [-0.05, 0) is 30.2 Å². The van der Waals surface area contributed by atoms with Crippen molar-refractivity contribution in [2.45, 2.75) is 26.3 Å². The minimum Gasteiger partial charge on any atom is -0.480 e. The fourth-order valence-electron chi connectivity index (χ4n) is 1.60. The molecule has 0 saturated carbocycles. The normalized spacial score (nSPS) is 13.1. The van der Waals surface area contributed by atoms with Crippen molar-refractivity contribution >= 4 is 11.9 Å². The Labute approximate surface area is 111 Å². The van der Waals surface area contributed by atoms with E-state index in [-0.39, 0.29) is 5.92 Å². The Morgan fingerprint density at radius 1 is 1.37 bits per heavy atom. The molecule has 0 aliphatic rings. The number of rotatable bonds is 5. The molecule has 0 saturated heterocycles. The van der Waals surface area contributed by atoms with E-state index in [1.54, 1.807) is 6.92 Å². The lowest BCUT2D eigenvalue weighted by molar-refractivity contribution is -0.140. The second kappa shape index (κ2) is 6.55. The van der Waals surface area contributed by atoms with Crippen molar-refractivity contribution in [2.75, 3.05) is 0 Å². The van der Waals surface area contributed by atoms with Crippen LogP contribution in [-0.4, -0.2) is 23.0 Å². The summed E-state index contributed by atoms with van der Waals surface area (Å²) >= 11 is 0. The van der Waals surface area contributed by atoms with Crippen molar-refractivity contribution in [1.29, 1.82) is 5.26 Å². The maximum atomic E-state index is 11.9. The summed E-state index contributed by atoms with van der Waals surface area (Å²) in [5.74, 6) is -1.65. The van der Waals surface area contributed by atoms with Crippen molar-refractivity contribution in [1.82, 2.24) is 5.32 Å². The molecular formula is C14H16N2O3. The van der Waals surface area contributed by atoms with Crippen LogP contribution in [0.25, 0.3) is 0 Å². The molecule has 0 aliphatic heterocycles. The standard InChI is InChI=1S/C14H16N2O3/c1-3-9(2)12(14(18)19)16-13(17)11-6-4-10(8-15)5-7-11/h4-7,9,12H,3H2,1-2H3,(H,16,17)(H,18,19)/t9-,12-/m1/s1. The van der Waals surface area contributed by atoms with Gasteiger partial charge in [-0.1, -0.05) is 20.3 Å². The smallest absolute Gasteiger partial charge is 0.326 e. The lowest BCUT2D eigenvalue weighted by atomic mass is 9.99. The van der Waals surface area contributed by atoms with E-state index in [2.05, 4.69) is 5.32 Å². The van der Waals surface area contributed by atoms with Crippen molar-refractivity contribution in [3.05, 3.63) is 35.4 Å².